The van der Waals surface area contributed by atoms with Crippen molar-refractivity contribution >= 4 is 29.1 Å². The van der Waals surface area contributed by atoms with Crippen molar-refractivity contribution in [1.29, 1.82) is 0 Å². The Bertz CT molecular complexity index is 396. The molecule has 122 valence electrons. The summed E-state index contributed by atoms with van der Waals surface area (Å²) in [5.74, 6) is -1.40. The van der Waals surface area contributed by atoms with Gasteiger partial charge in [0.1, 0.15) is 17.2 Å². The molecule has 0 bridgehead atoms. The lowest BCUT2D eigenvalue weighted by molar-refractivity contribution is -0.138. The van der Waals surface area contributed by atoms with Crippen molar-refractivity contribution in [1.82, 2.24) is 5.32 Å². The summed E-state index contributed by atoms with van der Waals surface area (Å²) in [6.45, 7) is 10.1. The second-order valence-electron chi connectivity index (χ2n) is 6.31. The van der Waals surface area contributed by atoms with Gasteiger partial charge in [0.15, 0.2) is 0 Å². The Balaban J connectivity index is 4.42. The van der Waals surface area contributed by atoms with E-state index in [2.05, 4.69) is 5.32 Å². The summed E-state index contributed by atoms with van der Waals surface area (Å²) in [6, 6.07) is -1.24. The zero-order chi connectivity index (χ0) is 16.8. The number of hydrogen-bond donors (Lipinski definition) is 2. The molecule has 1 amide bonds. The van der Waals surface area contributed by atoms with Crippen molar-refractivity contribution in [3.05, 3.63) is 0 Å². The minimum absolute atomic E-state index is 0.149. The molecule has 0 rings (SSSR count). The number of amides is 1. The lowest BCUT2D eigenvalue weighted by Gasteiger charge is -2.22. The molecule has 0 heterocycles. The summed E-state index contributed by atoms with van der Waals surface area (Å²) in [7, 11) is 0. The van der Waals surface area contributed by atoms with Gasteiger partial charge in [0.2, 0.25) is 0 Å². The van der Waals surface area contributed by atoms with Crippen molar-refractivity contribution < 1.29 is 29.0 Å². The maximum Gasteiger partial charge on any atom is 0.408 e. The van der Waals surface area contributed by atoms with Crippen LogP contribution in [0, 0.1) is 0 Å². The molecular formula is C13H23NO6S. The molecule has 2 N–H and O–H groups in total. The summed E-state index contributed by atoms with van der Waals surface area (Å²) in [4.78, 5) is 34.1. The van der Waals surface area contributed by atoms with Crippen LogP contribution in [0.5, 0.6) is 0 Å². The van der Waals surface area contributed by atoms with Crippen molar-refractivity contribution in [2.24, 2.45) is 0 Å². The molecule has 0 aliphatic carbocycles. The normalized spacial score (nSPS) is 13.2. The predicted octanol–water partition coefficient (Wildman–Crippen LogP) is 2.63. The number of carbonyl (C=O) groups excluding carboxylic acids is 2. The average molecular weight is 321 g/mol. The highest BCUT2D eigenvalue weighted by atomic mass is 32.2. The van der Waals surface area contributed by atoms with Crippen LogP contribution in [0.1, 0.15) is 41.5 Å². The number of carboxylic acids is 1. The number of hydrogen-bond acceptors (Lipinski definition) is 6. The first-order valence-corrected chi connectivity index (χ1v) is 7.37. The van der Waals surface area contributed by atoms with E-state index in [-0.39, 0.29) is 5.75 Å². The monoisotopic (exact) mass is 321 g/mol. The summed E-state index contributed by atoms with van der Waals surface area (Å²) in [5.41, 5.74) is -1.38. The predicted molar refractivity (Wildman–Crippen MR) is 79.5 cm³/mol. The van der Waals surface area contributed by atoms with E-state index in [4.69, 9.17) is 14.6 Å². The Hall–Kier alpha value is -1.44. The molecule has 21 heavy (non-hydrogen) atoms. The minimum Gasteiger partial charge on any atom is -0.480 e. The summed E-state index contributed by atoms with van der Waals surface area (Å²) in [6.07, 6.45) is -0.848. The molecule has 0 radical (unpaired) electrons. The molecule has 1 atom stereocenters. The molecule has 0 spiro atoms. The maximum absolute atomic E-state index is 11.5. The van der Waals surface area contributed by atoms with E-state index in [0.717, 1.165) is 0 Å². The Kier molecular flexibility index (Phi) is 7.02. The first-order valence-electron chi connectivity index (χ1n) is 6.38. The summed E-state index contributed by atoms with van der Waals surface area (Å²) < 4.78 is 10.0. The van der Waals surface area contributed by atoms with Gasteiger partial charge in [-0.3, -0.25) is 0 Å². The lowest BCUT2D eigenvalue weighted by Crippen LogP contribution is -2.45. The number of nitrogens with one attached hydrogen (secondary N) is 1. The van der Waals surface area contributed by atoms with Gasteiger partial charge in [0.25, 0.3) is 0 Å². The number of rotatable bonds is 4. The van der Waals surface area contributed by atoms with Crippen molar-refractivity contribution in [2.75, 3.05) is 5.75 Å². The van der Waals surface area contributed by atoms with E-state index in [1.807, 2.05) is 0 Å². The van der Waals surface area contributed by atoms with E-state index in [9.17, 15) is 14.4 Å². The Morgan fingerprint density at radius 2 is 1.52 bits per heavy atom. The van der Waals surface area contributed by atoms with Crippen LogP contribution in [-0.2, 0) is 14.3 Å². The molecule has 0 aliphatic rings. The fourth-order valence-electron chi connectivity index (χ4n) is 1.06. The van der Waals surface area contributed by atoms with Crippen LogP contribution in [0.3, 0.4) is 0 Å². The second-order valence-corrected chi connectivity index (χ2v) is 7.27. The van der Waals surface area contributed by atoms with Gasteiger partial charge in [-0.05, 0) is 53.3 Å². The topological polar surface area (TPSA) is 102 Å². The van der Waals surface area contributed by atoms with Crippen molar-refractivity contribution in [3.8, 4) is 0 Å². The SMILES string of the molecule is CC(C)(C)OC(=O)N[C@@H](CSC(=O)OC(C)(C)C)C(=O)O. The zero-order valence-electron chi connectivity index (χ0n) is 13.2. The number of carbonyl (C=O) groups is 3. The van der Waals surface area contributed by atoms with Gasteiger partial charge in [-0.1, -0.05) is 0 Å². The van der Waals surface area contributed by atoms with E-state index < -0.39 is 34.6 Å². The van der Waals surface area contributed by atoms with Gasteiger partial charge in [-0.2, -0.15) is 0 Å². The van der Waals surface area contributed by atoms with Gasteiger partial charge >= 0.3 is 17.4 Å². The molecule has 0 aliphatic heterocycles. The van der Waals surface area contributed by atoms with Crippen LogP contribution in [0.15, 0.2) is 0 Å². The fraction of sp³-hybridized carbons (Fsp3) is 0.769. The number of aliphatic carboxylic acids is 1. The van der Waals surface area contributed by atoms with Crippen LogP contribution in [-0.4, -0.2) is 45.5 Å². The van der Waals surface area contributed by atoms with E-state index in [1.165, 1.54) is 0 Å². The third-order valence-electron chi connectivity index (χ3n) is 1.75. The summed E-state index contributed by atoms with van der Waals surface area (Å²) in [5, 5.41) is 10.6. The van der Waals surface area contributed by atoms with Gasteiger partial charge in [0, 0.05) is 5.75 Å². The van der Waals surface area contributed by atoms with Crippen LogP contribution < -0.4 is 5.32 Å². The maximum atomic E-state index is 11.5. The molecule has 0 aromatic rings. The van der Waals surface area contributed by atoms with Crippen LogP contribution in [0.4, 0.5) is 9.59 Å². The fourth-order valence-corrected chi connectivity index (χ4v) is 1.89. The lowest BCUT2D eigenvalue weighted by atomic mass is 10.2. The van der Waals surface area contributed by atoms with Gasteiger partial charge in [0.05, 0.1) is 0 Å². The quantitative estimate of drug-likeness (QED) is 0.767. The van der Waals surface area contributed by atoms with Crippen LogP contribution in [0.2, 0.25) is 0 Å². The number of ether oxygens (including phenoxy) is 2. The molecule has 7 nitrogen and oxygen atoms in total. The van der Waals surface area contributed by atoms with Gasteiger partial charge in [-0.15, -0.1) is 0 Å². The van der Waals surface area contributed by atoms with Gasteiger partial charge < -0.3 is 19.9 Å². The van der Waals surface area contributed by atoms with Gasteiger partial charge in [-0.25, -0.2) is 14.4 Å². The molecule has 0 aromatic heterocycles. The molecule has 0 saturated heterocycles. The average Bonchev–Trinajstić information content (AvgIpc) is 2.18. The first kappa shape index (κ1) is 19.6. The number of alkyl carbamates (subject to hydrolysis) is 1. The standard InChI is InChI=1S/C13H23NO6S/c1-12(2,3)19-10(17)14-8(9(15)16)7-21-11(18)20-13(4,5)6/h8H,7H2,1-6H3,(H,14,17)(H,15,16)/t8-/m0/s1. The highest BCUT2D eigenvalue weighted by Gasteiger charge is 2.26. The third kappa shape index (κ3) is 10.9. The number of carboxylic acid groups (broad SMARTS) is 1. The summed E-state index contributed by atoms with van der Waals surface area (Å²) >= 11 is 0.687. The van der Waals surface area contributed by atoms with Crippen molar-refractivity contribution in [3.63, 3.8) is 0 Å². The molecule has 0 unspecified atom stereocenters. The molecular weight excluding hydrogens is 298 g/mol. The van der Waals surface area contributed by atoms with E-state index in [1.54, 1.807) is 41.5 Å². The second kappa shape index (κ2) is 7.53. The smallest absolute Gasteiger partial charge is 0.408 e. The zero-order valence-corrected chi connectivity index (χ0v) is 14.0. The molecule has 0 aromatic carbocycles. The largest absolute Gasteiger partial charge is 0.480 e. The van der Waals surface area contributed by atoms with Crippen LogP contribution in [0.25, 0.3) is 0 Å². The highest BCUT2D eigenvalue weighted by molar-refractivity contribution is 8.13. The molecule has 0 saturated carbocycles. The first-order chi connectivity index (χ1) is 9.30. The number of thioether (sulfide) groups is 1. The Morgan fingerprint density at radius 1 is 1.05 bits per heavy atom. The third-order valence-corrected chi connectivity index (χ3v) is 2.57. The Morgan fingerprint density at radius 3 is 1.90 bits per heavy atom. The molecule has 0 fully saturated rings. The molecule has 8 heteroatoms. The van der Waals surface area contributed by atoms with E-state index >= 15 is 0 Å². The Labute approximate surface area is 128 Å². The van der Waals surface area contributed by atoms with E-state index in [0.29, 0.717) is 11.8 Å². The highest BCUT2D eigenvalue weighted by Crippen LogP contribution is 2.16. The van der Waals surface area contributed by atoms with Crippen molar-refractivity contribution in [2.45, 2.75) is 58.8 Å². The minimum atomic E-state index is -1.25. The van der Waals surface area contributed by atoms with Crippen LogP contribution >= 0.6 is 11.8 Å².